The highest BCUT2D eigenvalue weighted by atomic mass is 32.2. The number of nitrogens with one attached hydrogen (secondary N) is 1. The first-order valence-electron chi connectivity index (χ1n) is 9.49. The van der Waals surface area contributed by atoms with Gasteiger partial charge in [-0.1, -0.05) is 23.3 Å². The normalized spacial score (nSPS) is 17.4. The lowest BCUT2D eigenvalue weighted by atomic mass is 9.99. The molecule has 2 heterocycles. The summed E-state index contributed by atoms with van der Waals surface area (Å²) in [5.41, 5.74) is -0.104. The van der Waals surface area contributed by atoms with Gasteiger partial charge in [0, 0.05) is 19.2 Å². The molecule has 0 aliphatic carbocycles. The van der Waals surface area contributed by atoms with Crippen molar-refractivity contribution in [2.24, 2.45) is 5.92 Å². The van der Waals surface area contributed by atoms with Gasteiger partial charge in [-0.2, -0.15) is 4.31 Å². The summed E-state index contributed by atoms with van der Waals surface area (Å²) in [5, 5.41) is 9.78. The van der Waals surface area contributed by atoms with Crippen molar-refractivity contribution in [1.82, 2.24) is 14.5 Å². The van der Waals surface area contributed by atoms with Crippen molar-refractivity contribution in [2.75, 3.05) is 18.4 Å². The SMILES string of the molecule is O=C(Nc1nnc(-c2ccc(F)cc2F)o1)C1CCCN(S(=O)(=O)c2ccccc2)C1. The van der Waals surface area contributed by atoms with E-state index in [1.165, 1.54) is 16.4 Å². The number of benzene rings is 2. The first-order valence-corrected chi connectivity index (χ1v) is 10.9. The van der Waals surface area contributed by atoms with Gasteiger partial charge in [-0.15, -0.1) is 5.10 Å². The van der Waals surface area contributed by atoms with Crippen LogP contribution in [0.2, 0.25) is 0 Å². The van der Waals surface area contributed by atoms with E-state index in [0.29, 0.717) is 25.5 Å². The minimum Gasteiger partial charge on any atom is -0.403 e. The second-order valence-electron chi connectivity index (χ2n) is 7.04. The van der Waals surface area contributed by atoms with Crippen molar-refractivity contribution < 1.29 is 26.4 Å². The number of carbonyl (C=O) groups is 1. The molecule has 0 saturated carbocycles. The van der Waals surface area contributed by atoms with Crippen molar-refractivity contribution in [3.05, 3.63) is 60.2 Å². The van der Waals surface area contributed by atoms with Gasteiger partial charge in [-0.05, 0) is 37.1 Å². The molecular weight excluding hydrogens is 430 g/mol. The number of halogens is 2. The number of hydrogen-bond acceptors (Lipinski definition) is 6. The molecule has 1 saturated heterocycles. The molecule has 162 valence electrons. The van der Waals surface area contributed by atoms with E-state index >= 15 is 0 Å². The molecule has 1 aliphatic rings. The Morgan fingerprint density at radius 2 is 1.90 bits per heavy atom. The summed E-state index contributed by atoms with van der Waals surface area (Å²) in [5.74, 6) is -2.95. The van der Waals surface area contributed by atoms with E-state index in [1.807, 2.05) is 0 Å². The summed E-state index contributed by atoms with van der Waals surface area (Å²) in [6, 6.07) is 10.6. The fraction of sp³-hybridized carbons (Fsp3) is 0.250. The zero-order valence-electron chi connectivity index (χ0n) is 16.2. The lowest BCUT2D eigenvalue weighted by Crippen LogP contribution is -2.43. The lowest BCUT2D eigenvalue weighted by molar-refractivity contribution is -0.121. The van der Waals surface area contributed by atoms with Crippen molar-refractivity contribution in [3.63, 3.8) is 0 Å². The standard InChI is InChI=1S/C20H18F2N4O4S/c21-14-8-9-16(17(22)11-14)19-24-25-20(30-19)23-18(27)13-5-4-10-26(12-13)31(28,29)15-6-2-1-3-7-15/h1-3,6-9,11,13H,4-5,10,12H2,(H,23,25,27). The van der Waals surface area contributed by atoms with Gasteiger partial charge in [0.25, 0.3) is 5.89 Å². The maximum atomic E-state index is 13.9. The summed E-state index contributed by atoms with van der Waals surface area (Å²) in [6.45, 7) is 0.326. The molecule has 1 aromatic heterocycles. The predicted molar refractivity (Wildman–Crippen MR) is 106 cm³/mol. The highest BCUT2D eigenvalue weighted by molar-refractivity contribution is 7.89. The number of hydrogen-bond donors (Lipinski definition) is 1. The Kier molecular flexibility index (Phi) is 5.79. The zero-order chi connectivity index (χ0) is 22.0. The number of carbonyl (C=O) groups excluding carboxylic acids is 1. The van der Waals surface area contributed by atoms with E-state index in [2.05, 4.69) is 15.5 Å². The summed E-state index contributed by atoms with van der Waals surface area (Å²) in [7, 11) is -3.71. The van der Waals surface area contributed by atoms with Crippen molar-refractivity contribution >= 4 is 21.9 Å². The van der Waals surface area contributed by atoms with Gasteiger partial charge in [0.15, 0.2) is 0 Å². The molecule has 0 radical (unpaired) electrons. The van der Waals surface area contributed by atoms with Crippen LogP contribution < -0.4 is 5.32 Å². The van der Waals surface area contributed by atoms with Crippen LogP contribution in [0.1, 0.15) is 12.8 Å². The number of anilines is 1. The van der Waals surface area contributed by atoms with Gasteiger partial charge >= 0.3 is 6.01 Å². The van der Waals surface area contributed by atoms with Crippen LogP contribution in [-0.2, 0) is 14.8 Å². The van der Waals surface area contributed by atoms with Crippen LogP contribution in [0.15, 0.2) is 57.8 Å². The van der Waals surface area contributed by atoms with Gasteiger partial charge in [0.2, 0.25) is 15.9 Å². The number of aromatic nitrogens is 2. The number of piperidine rings is 1. The first-order chi connectivity index (χ1) is 14.8. The summed E-state index contributed by atoms with van der Waals surface area (Å²) in [6.07, 6.45) is 1.00. The maximum absolute atomic E-state index is 13.9. The molecule has 1 N–H and O–H groups in total. The van der Waals surface area contributed by atoms with Crippen LogP contribution in [0.5, 0.6) is 0 Å². The molecule has 3 aromatic rings. The number of sulfonamides is 1. The number of nitrogens with zero attached hydrogens (tertiary/aromatic N) is 3. The van der Waals surface area contributed by atoms with Crippen molar-refractivity contribution in [2.45, 2.75) is 17.7 Å². The van der Waals surface area contributed by atoms with E-state index in [9.17, 15) is 22.0 Å². The Labute approximate surface area is 176 Å². The molecule has 11 heteroatoms. The third-order valence-electron chi connectivity index (χ3n) is 4.95. The van der Waals surface area contributed by atoms with Crippen molar-refractivity contribution in [1.29, 1.82) is 0 Å². The fourth-order valence-electron chi connectivity index (χ4n) is 3.37. The molecule has 31 heavy (non-hydrogen) atoms. The lowest BCUT2D eigenvalue weighted by Gasteiger charge is -2.30. The average Bonchev–Trinajstić information content (AvgIpc) is 3.22. The Morgan fingerprint density at radius 3 is 2.65 bits per heavy atom. The number of amides is 1. The Hall–Kier alpha value is -3.18. The van der Waals surface area contributed by atoms with E-state index < -0.39 is 33.5 Å². The van der Waals surface area contributed by atoms with Gasteiger partial charge in [-0.25, -0.2) is 17.2 Å². The third kappa shape index (κ3) is 4.47. The van der Waals surface area contributed by atoms with Crippen LogP contribution in [0.25, 0.3) is 11.5 Å². The average molecular weight is 448 g/mol. The largest absolute Gasteiger partial charge is 0.403 e. The number of rotatable bonds is 5. The summed E-state index contributed by atoms with van der Waals surface area (Å²) >= 11 is 0. The van der Waals surface area contributed by atoms with Crippen LogP contribution >= 0.6 is 0 Å². The van der Waals surface area contributed by atoms with Crippen LogP contribution in [0.4, 0.5) is 14.8 Å². The first kappa shape index (κ1) is 21.1. The topological polar surface area (TPSA) is 105 Å². The summed E-state index contributed by atoms with van der Waals surface area (Å²) in [4.78, 5) is 12.8. The highest BCUT2D eigenvalue weighted by Crippen LogP contribution is 2.26. The van der Waals surface area contributed by atoms with E-state index in [4.69, 9.17) is 4.42 Å². The maximum Gasteiger partial charge on any atom is 0.322 e. The Bertz CT molecular complexity index is 1200. The quantitative estimate of drug-likeness (QED) is 0.643. The summed E-state index contributed by atoms with van der Waals surface area (Å²) < 4.78 is 59.1. The van der Waals surface area contributed by atoms with E-state index in [-0.39, 0.29) is 28.9 Å². The molecule has 1 unspecified atom stereocenters. The van der Waals surface area contributed by atoms with Crippen LogP contribution in [-0.4, -0.2) is 41.9 Å². The molecule has 1 amide bonds. The molecule has 2 aromatic carbocycles. The smallest absolute Gasteiger partial charge is 0.322 e. The van der Waals surface area contributed by atoms with Gasteiger partial charge in [0.1, 0.15) is 11.6 Å². The molecule has 0 spiro atoms. The van der Waals surface area contributed by atoms with Gasteiger partial charge in [-0.3, -0.25) is 10.1 Å². The third-order valence-corrected chi connectivity index (χ3v) is 6.83. The highest BCUT2D eigenvalue weighted by Gasteiger charge is 2.33. The second-order valence-corrected chi connectivity index (χ2v) is 8.98. The fourth-order valence-corrected chi connectivity index (χ4v) is 4.91. The monoisotopic (exact) mass is 448 g/mol. The molecule has 4 rings (SSSR count). The van der Waals surface area contributed by atoms with E-state index in [0.717, 1.165) is 12.1 Å². The Balaban J connectivity index is 1.45. The van der Waals surface area contributed by atoms with Crippen molar-refractivity contribution in [3.8, 4) is 11.5 Å². The zero-order valence-corrected chi connectivity index (χ0v) is 17.0. The van der Waals surface area contributed by atoms with Crippen LogP contribution in [0, 0.1) is 17.6 Å². The Morgan fingerprint density at radius 1 is 1.13 bits per heavy atom. The molecular formula is C20H18F2N4O4S. The second kappa shape index (κ2) is 8.52. The van der Waals surface area contributed by atoms with E-state index in [1.54, 1.807) is 18.2 Å². The minimum absolute atomic E-state index is 0.0106. The molecule has 1 atom stereocenters. The van der Waals surface area contributed by atoms with Gasteiger partial charge < -0.3 is 4.42 Å². The molecule has 0 bridgehead atoms. The molecule has 8 nitrogen and oxygen atoms in total. The predicted octanol–water partition coefficient (Wildman–Crippen LogP) is 3.05. The minimum atomic E-state index is -3.71. The van der Waals surface area contributed by atoms with Crippen LogP contribution in [0.3, 0.4) is 0 Å². The molecule has 1 aliphatic heterocycles. The molecule has 1 fully saturated rings. The van der Waals surface area contributed by atoms with Gasteiger partial charge in [0.05, 0.1) is 16.4 Å².